The zero-order valence-corrected chi connectivity index (χ0v) is 17.5. The van der Waals surface area contributed by atoms with E-state index in [1.54, 1.807) is 30.3 Å². The maximum Gasteiger partial charge on any atom is 0.310 e. The molecule has 0 aliphatic carbocycles. The molecular formula is C23H24N2O6. The van der Waals surface area contributed by atoms with Crippen LogP contribution in [0.25, 0.3) is 0 Å². The van der Waals surface area contributed by atoms with Crippen LogP contribution in [0.1, 0.15) is 16.7 Å². The fraction of sp³-hybridized carbons (Fsp3) is 0.348. The zero-order valence-electron chi connectivity index (χ0n) is 17.5. The number of hydrogen-bond donors (Lipinski definition) is 0. The Hall–Kier alpha value is -3.57. The van der Waals surface area contributed by atoms with E-state index in [0.717, 1.165) is 11.3 Å². The highest BCUT2D eigenvalue weighted by Crippen LogP contribution is 2.24. The van der Waals surface area contributed by atoms with E-state index in [-0.39, 0.29) is 24.9 Å². The Bertz CT molecular complexity index is 967. The SMILES string of the molecule is COC(=O)Cc1ccc(OCC2CN(c3ccc(C#N)cc3)CO2)c(CC(=O)OC)c1. The Morgan fingerprint density at radius 1 is 1.10 bits per heavy atom. The van der Waals surface area contributed by atoms with E-state index in [4.69, 9.17) is 24.2 Å². The fourth-order valence-electron chi connectivity index (χ4n) is 3.25. The van der Waals surface area contributed by atoms with Crippen LogP contribution >= 0.6 is 0 Å². The van der Waals surface area contributed by atoms with Crippen molar-refractivity contribution in [1.29, 1.82) is 5.26 Å². The van der Waals surface area contributed by atoms with Gasteiger partial charge in [0.15, 0.2) is 0 Å². The monoisotopic (exact) mass is 424 g/mol. The summed E-state index contributed by atoms with van der Waals surface area (Å²) in [6.07, 6.45) is -0.0173. The van der Waals surface area contributed by atoms with Crippen molar-refractivity contribution < 1.29 is 28.5 Å². The number of methoxy groups -OCH3 is 2. The van der Waals surface area contributed by atoms with Crippen LogP contribution in [-0.2, 0) is 36.6 Å². The third kappa shape index (κ3) is 5.96. The van der Waals surface area contributed by atoms with Crippen molar-refractivity contribution in [1.82, 2.24) is 0 Å². The number of rotatable bonds is 8. The van der Waals surface area contributed by atoms with Crippen LogP contribution in [0.3, 0.4) is 0 Å². The predicted octanol–water partition coefficient (Wildman–Crippen LogP) is 2.23. The molecule has 1 heterocycles. The van der Waals surface area contributed by atoms with Gasteiger partial charge in [-0.2, -0.15) is 5.26 Å². The van der Waals surface area contributed by atoms with E-state index >= 15 is 0 Å². The molecule has 0 bridgehead atoms. The van der Waals surface area contributed by atoms with Gasteiger partial charge >= 0.3 is 11.9 Å². The molecule has 0 spiro atoms. The number of nitriles is 1. The van der Waals surface area contributed by atoms with Gasteiger partial charge in [0.1, 0.15) is 25.2 Å². The van der Waals surface area contributed by atoms with Crippen LogP contribution in [0.5, 0.6) is 5.75 Å². The van der Waals surface area contributed by atoms with Crippen molar-refractivity contribution in [3.05, 3.63) is 59.2 Å². The number of nitrogens with zero attached hydrogens (tertiary/aromatic N) is 2. The van der Waals surface area contributed by atoms with Crippen LogP contribution in [0.2, 0.25) is 0 Å². The van der Waals surface area contributed by atoms with Gasteiger partial charge in [-0.3, -0.25) is 9.59 Å². The van der Waals surface area contributed by atoms with E-state index in [1.165, 1.54) is 14.2 Å². The molecule has 0 saturated carbocycles. The number of hydrogen-bond acceptors (Lipinski definition) is 8. The minimum atomic E-state index is -0.399. The van der Waals surface area contributed by atoms with Crippen LogP contribution in [-0.4, -0.2) is 52.1 Å². The maximum atomic E-state index is 11.8. The lowest BCUT2D eigenvalue weighted by atomic mass is 10.0. The van der Waals surface area contributed by atoms with Gasteiger partial charge in [0.2, 0.25) is 0 Å². The van der Waals surface area contributed by atoms with Crippen molar-refractivity contribution in [2.75, 3.05) is 39.0 Å². The second-order valence-corrected chi connectivity index (χ2v) is 7.06. The molecule has 3 rings (SSSR count). The van der Waals surface area contributed by atoms with Gasteiger partial charge in [-0.15, -0.1) is 0 Å². The Morgan fingerprint density at radius 3 is 2.48 bits per heavy atom. The number of carbonyl (C=O) groups is 2. The highest BCUT2D eigenvalue weighted by atomic mass is 16.6. The Balaban J connectivity index is 1.63. The Morgan fingerprint density at radius 2 is 1.81 bits per heavy atom. The number of carbonyl (C=O) groups excluding carboxylic acids is 2. The van der Waals surface area contributed by atoms with Crippen LogP contribution in [0.15, 0.2) is 42.5 Å². The van der Waals surface area contributed by atoms with Crippen LogP contribution in [0.4, 0.5) is 5.69 Å². The first-order valence-electron chi connectivity index (χ1n) is 9.77. The molecule has 1 aliphatic heterocycles. The largest absolute Gasteiger partial charge is 0.491 e. The average Bonchev–Trinajstić information content (AvgIpc) is 3.27. The van der Waals surface area contributed by atoms with Gasteiger partial charge < -0.3 is 23.8 Å². The molecule has 31 heavy (non-hydrogen) atoms. The summed E-state index contributed by atoms with van der Waals surface area (Å²) in [5.41, 5.74) is 2.94. The summed E-state index contributed by atoms with van der Waals surface area (Å²) in [5.74, 6) is -0.219. The van der Waals surface area contributed by atoms with E-state index in [9.17, 15) is 9.59 Å². The average molecular weight is 424 g/mol. The molecule has 1 aliphatic rings. The maximum absolute atomic E-state index is 11.8. The first-order chi connectivity index (χ1) is 15.0. The lowest BCUT2D eigenvalue weighted by Gasteiger charge is -2.17. The Kier molecular flexibility index (Phi) is 7.46. The summed E-state index contributed by atoms with van der Waals surface area (Å²) in [4.78, 5) is 25.4. The van der Waals surface area contributed by atoms with Gasteiger partial charge in [-0.05, 0) is 35.9 Å². The first kappa shape index (κ1) is 22.1. The predicted molar refractivity (Wildman–Crippen MR) is 112 cm³/mol. The lowest BCUT2D eigenvalue weighted by molar-refractivity contribution is -0.140. The smallest absolute Gasteiger partial charge is 0.310 e. The minimum absolute atomic E-state index is 0.0315. The molecule has 8 heteroatoms. The molecular weight excluding hydrogens is 400 g/mol. The van der Waals surface area contributed by atoms with Crippen LogP contribution in [0, 0.1) is 11.3 Å². The molecule has 1 saturated heterocycles. The van der Waals surface area contributed by atoms with Crippen molar-refractivity contribution in [2.24, 2.45) is 0 Å². The summed E-state index contributed by atoms with van der Waals surface area (Å²) in [5, 5.41) is 8.92. The van der Waals surface area contributed by atoms with E-state index < -0.39 is 5.97 Å². The highest BCUT2D eigenvalue weighted by molar-refractivity contribution is 5.75. The second-order valence-electron chi connectivity index (χ2n) is 7.06. The number of anilines is 1. The Labute approximate surface area is 180 Å². The van der Waals surface area contributed by atoms with Crippen molar-refractivity contribution >= 4 is 17.6 Å². The topological polar surface area (TPSA) is 98.1 Å². The second kappa shape index (κ2) is 10.5. The minimum Gasteiger partial charge on any atom is -0.491 e. The van der Waals surface area contributed by atoms with Crippen molar-refractivity contribution in [3.8, 4) is 11.8 Å². The first-order valence-corrected chi connectivity index (χ1v) is 9.77. The zero-order chi connectivity index (χ0) is 22.2. The molecule has 2 aromatic carbocycles. The van der Waals surface area contributed by atoms with Gasteiger partial charge in [0.05, 0.1) is 38.7 Å². The standard InChI is InChI=1S/C23H24N2O6/c1-28-22(26)10-17-5-8-21(18(9-17)11-23(27)29-2)30-14-20-13-25(15-31-20)19-6-3-16(12-24)4-7-19/h3-9,20H,10-11,13-15H2,1-2H3. The van der Waals surface area contributed by atoms with Gasteiger partial charge in [0.25, 0.3) is 0 Å². The summed E-state index contributed by atoms with van der Waals surface area (Å²) in [7, 11) is 2.66. The molecule has 0 radical (unpaired) electrons. The normalized spacial score (nSPS) is 15.3. The number of benzene rings is 2. The highest BCUT2D eigenvalue weighted by Gasteiger charge is 2.24. The van der Waals surface area contributed by atoms with Crippen LogP contribution < -0.4 is 9.64 Å². The van der Waals surface area contributed by atoms with Crippen molar-refractivity contribution in [2.45, 2.75) is 18.9 Å². The molecule has 1 atom stereocenters. The van der Waals surface area contributed by atoms with Gasteiger partial charge in [-0.25, -0.2) is 0 Å². The van der Waals surface area contributed by atoms with E-state index in [0.29, 0.717) is 36.8 Å². The molecule has 162 valence electrons. The molecule has 0 amide bonds. The molecule has 1 unspecified atom stereocenters. The quantitative estimate of drug-likeness (QED) is 0.595. The third-order valence-corrected chi connectivity index (χ3v) is 4.94. The molecule has 0 aromatic heterocycles. The summed E-state index contributed by atoms with van der Waals surface area (Å²) < 4.78 is 21.2. The molecule has 8 nitrogen and oxygen atoms in total. The van der Waals surface area contributed by atoms with E-state index in [2.05, 4.69) is 11.0 Å². The molecule has 1 fully saturated rings. The molecule has 0 N–H and O–H groups in total. The fourth-order valence-corrected chi connectivity index (χ4v) is 3.25. The van der Waals surface area contributed by atoms with E-state index in [1.807, 2.05) is 12.1 Å². The number of ether oxygens (including phenoxy) is 4. The van der Waals surface area contributed by atoms with Gasteiger partial charge in [-0.1, -0.05) is 12.1 Å². The summed E-state index contributed by atoms with van der Waals surface area (Å²) >= 11 is 0. The molecule has 2 aromatic rings. The number of esters is 2. The summed E-state index contributed by atoms with van der Waals surface area (Å²) in [6.45, 7) is 1.36. The lowest BCUT2D eigenvalue weighted by Crippen LogP contribution is -2.25. The van der Waals surface area contributed by atoms with Gasteiger partial charge in [0, 0.05) is 17.8 Å². The summed E-state index contributed by atoms with van der Waals surface area (Å²) in [6, 6.07) is 14.7. The van der Waals surface area contributed by atoms with Crippen molar-refractivity contribution in [3.63, 3.8) is 0 Å². The third-order valence-electron chi connectivity index (χ3n) is 4.94.